The van der Waals surface area contributed by atoms with E-state index < -0.39 is 17.7 Å². The molecule has 0 saturated carbocycles. The largest absolute Gasteiger partial charge is 0.481 e. The highest BCUT2D eigenvalue weighted by Crippen LogP contribution is 2.18. The van der Waals surface area contributed by atoms with Gasteiger partial charge in [0.2, 0.25) is 0 Å². The van der Waals surface area contributed by atoms with Gasteiger partial charge in [-0.1, -0.05) is 18.1 Å². The predicted octanol–water partition coefficient (Wildman–Crippen LogP) is 2.76. The molecule has 1 aromatic carbocycles. The van der Waals surface area contributed by atoms with Crippen molar-refractivity contribution in [3.05, 3.63) is 29.8 Å². The van der Waals surface area contributed by atoms with Crippen LogP contribution in [0.1, 0.15) is 39.3 Å². The van der Waals surface area contributed by atoms with Gasteiger partial charge in [0, 0.05) is 0 Å². The average Bonchev–Trinajstić information content (AvgIpc) is 2.58. The van der Waals surface area contributed by atoms with Crippen molar-refractivity contribution in [1.29, 1.82) is 0 Å². The molecule has 0 aliphatic carbocycles. The summed E-state index contributed by atoms with van der Waals surface area (Å²) in [4.78, 5) is 22.0. The number of rotatable bonds is 7. The van der Waals surface area contributed by atoms with Crippen molar-refractivity contribution >= 4 is 12.1 Å². The first kappa shape index (κ1) is 22.9. The zero-order chi connectivity index (χ0) is 21.0. The summed E-state index contributed by atoms with van der Waals surface area (Å²) in [6.07, 6.45) is -0.468. The van der Waals surface area contributed by atoms with Crippen molar-refractivity contribution in [3.8, 4) is 29.4 Å². The first-order valence-electron chi connectivity index (χ1n) is 8.65. The molecule has 0 aliphatic heterocycles. The third kappa shape index (κ3) is 10.7. The molecule has 2 N–H and O–H groups in total. The molecule has 0 aromatic heterocycles. The molecule has 0 radical (unpaired) electrons. The van der Waals surface area contributed by atoms with E-state index in [4.69, 9.17) is 19.3 Å². The molecule has 0 bridgehead atoms. The second-order valence-corrected chi connectivity index (χ2v) is 6.72. The first-order chi connectivity index (χ1) is 13.2. The van der Waals surface area contributed by atoms with Gasteiger partial charge in [0.15, 0.2) is 0 Å². The van der Waals surface area contributed by atoms with Crippen LogP contribution in [0, 0.1) is 23.7 Å². The Morgan fingerprint density at radius 1 is 1.11 bits per heavy atom. The fraction of sp³-hybridized carbons (Fsp3) is 0.429. The van der Waals surface area contributed by atoms with Crippen molar-refractivity contribution in [1.82, 2.24) is 5.32 Å². The Balaban J connectivity index is 2.39. The Morgan fingerprint density at radius 3 is 2.29 bits per heavy atom. The van der Waals surface area contributed by atoms with Gasteiger partial charge in [-0.15, -0.1) is 0 Å². The summed E-state index contributed by atoms with van der Waals surface area (Å²) in [5, 5.41) is 11.2. The van der Waals surface area contributed by atoms with Crippen LogP contribution in [0.25, 0.3) is 0 Å². The van der Waals surface area contributed by atoms with E-state index in [-0.39, 0.29) is 25.9 Å². The molecule has 0 saturated heterocycles. The summed E-state index contributed by atoms with van der Waals surface area (Å²) in [5.74, 6) is 10.0. The Labute approximate surface area is 165 Å². The minimum atomic E-state index is -1.04. The van der Waals surface area contributed by atoms with Gasteiger partial charge in [0.1, 0.15) is 31.2 Å². The maximum atomic E-state index is 11.8. The summed E-state index contributed by atoms with van der Waals surface area (Å²) in [6.45, 7) is 7.09. The Kier molecular flexibility index (Phi) is 9.42. The number of aliphatic carboxylic acids is 1. The normalized spacial score (nSPS) is 11.1. The lowest BCUT2D eigenvalue weighted by molar-refractivity contribution is -0.141. The number of alkyl carbamates (subject to hydrolysis) is 1. The number of nitrogens with one attached hydrogen (secondary N) is 1. The van der Waals surface area contributed by atoms with Gasteiger partial charge >= 0.3 is 12.1 Å². The molecule has 28 heavy (non-hydrogen) atoms. The second-order valence-electron chi connectivity index (χ2n) is 6.72. The van der Waals surface area contributed by atoms with Gasteiger partial charge < -0.3 is 24.6 Å². The van der Waals surface area contributed by atoms with Crippen LogP contribution in [0.2, 0.25) is 0 Å². The zero-order valence-electron chi connectivity index (χ0n) is 16.5. The molecule has 1 aromatic rings. The summed E-state index contributed by atoms with van der Waals surface area (Å²) < 4.78 is 15.5. The van der Waals surface area contributed by atoms with Crippen LogP contribution < -0.4 is 10.1 Å². The predicted molar refractivity (Wildman–Crippen MR) is 104 cm³/mol. The van der Waals surface area contributed by atoms with E-state index >= 15 is 0 Å². The van der Waals surface area contributed by atoms with E-state index in [1.165, 1.54) is 0 Å². The molecule has 0 heterocycles. The number of ether oxygens (including phenoxy) is 3. The average molecular weight is 387 g/mol. The quantitative estimate of drug-likeness (QED) is 0.552. The smallest absolute Gasteiger partial charge is 0.408 e. The molecule has 7 nitrogen and oxygen atoms in total. The first-order valence-corrected chi connectivity index (χ1v) is 8.65. The van der Waals surface area contributed by atoms with Gasteiger partial charge in [-0.25, -0.2) is 9.59 Å². The van der Waals surface area contributed by atoms with E-state index in [0.717, 1.165) is 5.56 Å². The third-order valence-electron chi connectivity index (χ3n) is 3.06. The Hall–Kier alpha value is -3.16. The standard InChI is InChI=1S/C21H25NO6/c1-16(22-20(25)28-21(2,3)4)17-9-11-18(12-10-17)27-14-8-6-5-7-13-26-15-19(23)24/h9-12,16H,13-15H2,1-4H3,(H,22,25)(H,23,24)/t16-/m1/s1. The Morgan fingerprint density at radius 2 is 1.71 bits per heavy atom. The van der Waals surface area contributed by atoms with Gasteiger partial charge in [-0.05, 0) is 63.2 Å². The monoisotopic (exact) mass is 387 g/mol. The molecule has 1 rings (SSSR count). The molecule has 0 spiro atoms. The molecule has 1 atom stereocenters. The van der Waals surface area contributed by atoms with Crippen LogP contribution in [0.5, 0.6) is 5.75 Å². The van der Waals surface area contributed by atoms with Crippen LogP contribution in [-0.4, -0.2) is 42.6 Å². The van der Waals surface area contributed by atoms with Crippen LogP contribution in [0.3, 0.4) is 0 Å². The van der Waals surface area contributed by atoms with E-state index in [9.17, 15) is 9.59 Å². The van der Waals surface area contributed by atoms with Gasteiger partial charge in [-0.2, -0.15) is 0 Å². The maximum absolute atomic E-state index is 11.8. The van der Waals surface area contributed by atoms with Crippen molar-refractivity contribution < 1.29 is 28.9 Å². The number of amides is 1. The molecular formula is C21H25NO6. The number of carboxylic acids is 1. The fourth-order valence-corrected chi connectivity index (χ4v) is 1.89. The number of carbonyl (C=O) groups is 2. The summed E-state index contributed by atoms with van der Waals surface area (Å²) in [5.41, 5.74) is 0.370. The molecule has 0 fully saturated rings. The van der Waals surface area contributed by atoms with Crippen LogP contribution in [-0.2, 0) is 14.3 Å². The topological polar surface area (TPSA) is 94.1 Å². The van der Waals surface area contributed by atoms with Crippen molar-refractivity contribution in [2.45, 2.75) is 39.3 Å². The molecule has 0 unspecified atom stereocenters. The molecular weight excluding hydrogens is 362 g/mol. The molecule has 1 amide bonds. The number of carboxylic acid groups (broad SMARTS) is 1. The van der Waals surface area contributed by atoms with Gasteiger partial charge in [-0.3, -0.25) is 0 Å². The number of carbonyl (C=O) groups excluding carboxylic acids is 1. The lowest BCUT2D eigenvalue weighted by atomic mass is 10.1. The lowest BCUT2D eigenvalue weighted by Gasteiger charge is -2.22. The van der Waals surface area contributed by atoms with Crippen molar-refractivity contribution in [2.24, 2.45) is 0 Å². The summed E-state index contributed by atoms with van der Waals surface area (Å²) >= 11 is 0. The highest BCUT2D eigenvalue weighted by molar-refractivity contribution is 5.68. The molecule has 7 heteroatoms. The number of benzene rings is 1. The summed E-state index contributed by atoms with van der Waals surface area (Å²) in [7, 11) is 0. The maximum Gasteiger partial charge on any atom is 0.408 e. The van der Waals surface area contributed by atoms with E-state index in [1.807, 2.05) is 39.8 Å². The Bertz CT molecular complexity index is 772. The third-order valence-corrected chi connectivity index (χ3v) is 3.06. The zero-order valence-corrected chi connectivity index (χ0v) is 16.5. The van der Waals surface area contributed by atoms with Gasteiger partial charge in [0.05, 0.1) is 6.04 Å². The van der Waals surface area contributed by atoms with Gasteiger partial charge in [0.25, 0.3) is 0 Å². The molecule has 150 valence electrons. The highest BCUT2D eigenvalue weighted by Gasteiger charge is 2.18. The van der Waals surface area contributed by atoms with E-state index in [1.54, 1.807) is 12.1 Å². The summed E-state index contributed by atoms with van der Waals surface area (Å²) in [6, 6.07) is 7.07. The fourth-order valence-electron chi connectivity index (χ4n) is 1.89. The van der Waals surface area contributed by atoms with E-state index in [0.29, 0.717) is 5.75 Å². The molecule has 0 aliphatic rings. The van der Waals surface area contributed by atoms with Crippen molar-refractivity contribution in [3.63, 3.8) is 0 Å². The van der Waals surface area contributed by atoms with Crippen molar-refractivity contribution in [2.75, 3.05) is 19.8 Å². The second kappa shape index (κ2) is 11.5. The van der Waals surface area contributed by atoms with Crippen LogP contribution in [0.4, 0.5) is 4.79 Å². The van der Waals surface area contributed by atoms with Crippen LogP contribution in [0.15, 0.2) is 24.3 Å². The van der Waals surface area contributed by atoms with Crippen LogP contribution >= 0.6 is 0 Å². The SMILES string of the molecule is C[C@@H](NC(=O)OC(C)(C)C)c1ccc(OCC#CC#CCOCC(=O)O)cc1. The lowest BCUT2D eigenvalue weighted by Crippen LogP contribution is -2.34. The minimum absolute atomic E-state index is 0.0127. The highest BCUT2D eigenvalue weighted by atomic mass is 16.6. The number of hydrogen-bond donors (Lipinski definition) is 2. The van der Waals surface area contributed by atoms with E-state index in [2.05, 4.69) is 29.0 Å². The number of hydrogen-bond acceptors (Lipinski definition) is 5. The minimum Gasteiger partial charge on any atom is -0.481 e.